The van der Waals surface area contributed by atoms with Crippen molar-refractivity contribution in [2.75, 3.05) is 13.7 Å². The van der Waals surface area contributed by atoms with Crippen LogP contribution in [0.4, 0.5) is 0 Å². The molecule has 0 unspecified atom stereocenters. The third-order valence-corrected chi connectivity index (χ3v) is 5.50. The van der Waals surface area contributed by atoms with Gasteiger partial charge in [-0.1, -0.05) is 6.92 Å². The maximum absolute atomic E-state index is 12.7. The van der Waals surface area contributed by atoms with Crippen LogP contribution < -0.4 is 10.3 Å². The van der Waals surface area contributed by atoms with Crippen LogP contribution in [0.25, 0.3) is 16.9 Å². The number of benzene rings is 1. The Balaban J connectivity index is 2.30. The van der Waals surface area contributed by atoms with E-state index in [1.165, 1.54) is 22.7 Å². The zero-order valence-corrected chi connectivity index (χ0v) is 17.0. The summed E-state index contributed by atoms with van der Waals surface area (Å²) in [6.45, 7) is 5.93. The van der Waals surface area contributed by atoms with Crippen LogP contribution in [0, 0.1) is 6.92 Å². The van der Waals surface area contributed by atoms with Crippen molar-refractivity contribution in [3.05, 3.63) is 40.1 Å². The van der Waals surface area contributed by atoms with Gasteiger partial charge in [0.15, 0.2) is 11.3 Å². The molecule has 0 saturated heterocycles. The molecular weight excluding hydrogens is 384 g/mol. The van der Waals surface area contributed by atoms with Gasteiger partial charge in [0.1, 0.15) is 11.6 Å². The number of aromatic amines is 1. The second-order valence-corrected chi connectivity index (χ2v) is 7.85. The smallest absolute Gasteiger partial charge is 0.296 e. The molecule has 0 bridgehead atoms. The van der Waals surface area contributed by atoms with Gasteiger partial charge in [-0.3, -0.25) is 8.98 Å². The number of fused-ring (bicyclic) bond motifs is 1. The topological polar surface area (TPSA) is 116 Å². The van der Waals surface area contributed by atoms with Gasteiger partial charge in [0.2, 0.25) is 0 Å². The fraction of sp³-hybridized carbons (Fsp3) is 0.389. The maximum atomic E-state index is 12.7. The number of hydrogen-bond donors (Lipinski definition) is 1. The molecule has 10 heteroatoms. The first-order valence-corrected chi connectivity index (χ1v) is 10.3. The minimum Gasteiger partial charge on any atom is -0.493 e. The highest BCUT2D eigenvalue weighted by Crippen LogP contribution is 2.30. The Labute approximate surface area is 162 Å². The van der Waals surface area contributed by atoms with Gasteiger partial charge in [0, 0.05) is 6.42 Å². The van der Waals surface area contributed by atoms with Crippen LogP contribution in [0.2, 0.25) is 0 Å². The maximum Gasteiger partial charge on any atom is 0.296 e. The molecule has 2 aromatic heterocycles. The summed E-state index contributed by atoms with van der Waals surface area (Å²) in [4.78, 5) is 19.8. The predicted octanol–water partition coefficient (Wildman–Crippen LogP) is 2.08. The summed E-state index contributed by atoms with van der Waals surface area (Å²) < 4.78 is 35.9. The lowest BCUT2D eigenvalue weighted by molar-refractivity contribution is 0.341. The van der Waals surface area contributed by atoms with Gasteiger partial charge in [-0.05, 0) is 38.5 Å². The van der Waals surface area contributed by atoms with Gasteiger partial charge in [-0.25, -0.2) is 9.50 Å². The van der Waals surface area contributed by atoms with Crippen LogP contribution >= 0.6 is 0 Å². The molecule has 150 valence electrons. The first-order valence-electron chi connectivity index (χ1n) is 8.88. The van der Waals surface area contributed by atoms with Crippen molar-refractivity contribution in [2.45, 2.75) is 38.5 Å². The molecule has 3 rings (SSSR count). The molecule has 0 fully saturated rings. The first kappa shape index (κ1) is 20.0. The number of nitrogens with one attached hydrogen (secondary N) is 1. The summed E-state index contributed by atoms with van der Waals surface area (Å²) in [6, 6.07) is 4.27. The normalized spacial score (nSPS) is 11.9. The van der Waals surface area contributed by atoms with E-state index in [0.717, 1.165) is 13.5 Å². The molecular formula is C18H22N4O5S. The van der Waals surface area contributed by atoms with E-state index in [0.29, 0.717) is 41.4 Å². The highest BCUT2D eigenvalue weighted by atomic mass is 32.2. The summed E-state index contributed by atoms with van der Waals surface area (Å²) >= 11 is 0. The molecule has 1 N–H and O–H groups in total. The molecule has 0 aliphatic heterocycles. The molecule has 9 nitrogen and oxygen atoms in total. The lowest BCUT2D eigenvalue weighted by Gasteiger charge is -2.12. The van der Waals surface area contributed by atoms with Crippen molar-refractivity contribution in [3.8, 4) is 17.1 Å². The number of rotatable bonds is 7. The van der Waals surface area contributed by atoms with Crippen molar-refractivity contribution in [1.82, 2.24) is 19.6 Å². The molecule has 0 radical (unpaired) electrons. The standard InChI is InChI=1S/C18H22N4O5S/c1-5-7-15-19-11(3)16-18(23)20-17(21-22(15)16)13-10-12(28(24,25)26-4)8-9-14(13)27-6-2/h8-10H,5-7H2,1-4H3,(H,20,21,23). The lowest BCUT2D eigenvalue weighted by Crippen LogP contribution is -2.16. The van der Waals surface area contributed by atoms with E-state index in [4.69, 9.17) is 4.74 Å². The molecule has 0 atom stereocenters. The monoisotopic (exact) mass is 406 g/mol. The highest BCUT2D eigenvalue weighted by molar-refractivity contribution is 7.86. The molecule has 0 aliphatic rings. The van der Waals surface area contributed by atoms with E-state index in [1.807, 2.05) is 13.8 Å². The molecule has 0 spiro atoms. The van der Waals surface area contributed by atoms with E-state index >= 15 is 0 Å². The lowest BCUT2D eigenvalue weighted by atomic mass is 10.2. The summed E-state index contributed by atoms with van der Waals surface area (Å²) in [5.74, 6) is 1.25. The Morgan fingerprint density at radius 2 is 2.00 bits per heavy atom. The second kappa shape index (κ2) is 7.72. The van der Waals surface area contributed by atoms with E-state index in [1.54, 1.807) is 6.92 Å². The summed E-state index contributed by atoms with van der Waals surface area (Å²) in [5.41, 5.74) is 0.933. The number of hydrogen-bond acceptors (Lipinski definition) is 7. The number of nitrogens with zero attached hydrogens (tertiary/aromatic N) is 3. The SMILES string of the molecule is CCCc1nc(C)c2c(=O)[nH]c(-c3cc(S(=O)(=O)OC)ccc3OCC)nn12. The molecule has 28 heavy (non-hydrogen) atoms. The van der Waals surface area contributed by atoms with E-state index < -0.39 is 10.1 Å². The van der Waals surface area contributed by atoms with Crippen molar-refractivity contribution >= 4 is 15.6 Å². The molecule has 2 heterocycles. The summed E-state index contributed by atoms with van der Waals surface area (Å²) in [6.07, 6.45) is 1.50. The molecule has 3 aromatic rings. The minimum atomic E-state index is -3.92. The Morgan fingerprint density at radius 1 is 1.25 bits per heavy atom. The zero-order chi connectivity index (χ0) is 20.5. The molecule has 0 amide bonds. The Kier molecular flexibility index (Phi) is 5.52. The van der Waals surface area contributed by atoms with Gasteiger partial charge in [0.05, 0.1) is 29.9 Å². The number of ether oxygens (including phenoxy) is 1. The summed E-state index contributed by atoms with van der Waals surface area (Å²) in [7, 11) is -2.83. The van der Waals surface area contributed by atoms with Crippen LogP contribution in [0.3, 0.4) is 0 Å². The highest BCUT2D eigenvalue weighted by Gasteiger charge is 2.20. The van der Waals surface area contributed by atoms with Crippen LogP contribution in [-0.2, 0) is 20.7 Å². The Hall–Kier alpha value is -2.72. The van der Waals surface area contributed by atoms with Gasteiger partial charge in [0.25, 0.3) is 15.7 Å². The third kappa shape index (κ3) is 3.52. The number of imidazole rings is 1. The predicted molar refractivity (Wildman–Crippen MR) is 103 cm³/mol. The van der Waals surface area contributed by atoms with E-state index in [9.17, 15) is 13.2 Å². The van der Waals surface area contributed by atoms with Gasteiger partial charge >= 0.3 is 0 Å². The number of aryl methyl sites for hydroxylation is 2. The minimum absolute atomic E-state index is 0.0632. The van der Waals surface area contributed by atoms with Crippen LogP contribution in [0.5, 0.6) is 5.75 Å². The molecule has 1 aromatic carbocycles. The van der Waals surface area contributed by atoms with Crippen LogP contribution in [-0.4, -0.2) is 41.7 Å². The third-order valence-electron chi connectivity index (χ3n) is 4.23. The number of H-pyrrole nitrogens is 1. The largest absolute Gasteiger partial charge is 0.493 e. The second-order valence-electron chi connectivity index (χ2n) is 6.14. The Bertz CT molecular complexity index is 1180. The zero-order valence-electron chi connectivity index (χ0n) is 16.1. The van der Waals surface area contributed by atoms with E-state index in [2.05, 4.69) is 19.2 Å². The fourth-order valence-corrected chi connectivity index (χ4v) is 3.66. The summed E-state index contributed by atoms with van der Waals surface area (Å²) in [5, 5.41) is 4.52. The van der Waals surface area contributed by atoms with Crippen molar-refractivity contribution in [1.29, 1.82) is 0 Å². The molecule has 0 aliphatic carbocycles. The average Bonchev–Trinajstić information content (AvgIpc) is 2.98. The van der Waals surface area contributed by atoms with Crippen molar-refractivity contribution in [3.63, 3.8) is 0 Å². The number of aromatic nitrogens is 4. The van der Waals surface area contributed by atoms with Crippen LogP contribution in [0.15, 0.2) is 27.9 Å². The van der Waals surface area contributed by atoms with Crippen molar-refractivity contribution in [2.24, 2.45) is 0 Å². The first-order chi connectivity index (χ1) is 13.3. The van der Waals surface area contributed by atoms with Gasteiger partial charge in [-0.15, -0.1) is 5.10 Å². The van der Waals surface area contributed by atoms with E-state index in [-0.39, 0.29) is 16.3 Å². The Morgan fingerprint density at radius 3 is 2.64 bits per heavy atom. The quantitative estimate of drug-likeness (QED) is 0.597. The average molecular weight is 406 g/mol. The van der Waals surface area contributed by atoms with Gasteiger partial charge in [-0.2, -0.15) is 8.42 Å². The van der Waals surface area contributed by atoms with Gasteiger partial charge < -0.3 is 9.72 Å². The molecule has 0 saturated carbocycles. The van der Waals surface area contributed by atoms with Crippen LogP contribution in [0.1, 0.15) is 31.8 Å². The fourth-order valence-electron chi connectivity index (χ4n) is 2.97. The van der Waals surface area contributed by atoms with Crippen molar-refractivity contribution < 1.29 is 17.3 Å².